The van der Waals surface area contributed by atoms with Gasteiger partial charge in [-0.15, -0.1) is 12.3 Å². The average Bonchev–Trinajstić information content (AvgIpc) is 2.31. The summed E-state index contributed by atoms with van der Waals surface area (Å²) in [6, 6.07) is 5.66. The lowest BCUT2D eigenvalue weighted by Crippen LogP contribution is -2.12. The number of fused-ring (bicyclic) bond motifs is 1. The number of rotatable bonds is 3. The van der Waals surface area contributed by atoms with Crippen LogP contribution in [0.25, 0.3) is 0 Å². The molecule has 0 radical (unpaired) electrons. The van der Waals surface area contributed by atoms with E-state index >= 15 is 0 Å². The van der Waals surface area contributed by atoms with E-state index in [1.54, 1.807) is 0 Å². The highest BCUT2D eigenvalue weighted by molar-refractivity contribution is 5.99. The Kier molecular flexibility index (Phi) is 3.26. The first-order valence-electron chi connectivity index (χ1n) is 5.54. The van der Waals surface area contributed by atoms with E-state index in [0.29, 0.717) is 19.4 Å². The molecule has 2 nitrogen and oxygen atoms in total. The third-order valence-electron chi connectivity index (χ3n) is 2.77. The van der Waals surface area contributed by atoms with Gasteiger partial charge in [0.1, 0.15) is 5.75 Å². The molecular formula is C14H14O2. The standard InChI is InChI=1S/C14H14O2/c1-2-3-10-16-14-9-5-6-11-12(14)7-4-8-13(11)15/h1,5-6,9H,3-4,7-8,10H2. The molecular weight excluding hydrogens is 200 g/mol. The molecule has 1 aromatic carbocycles. The zero-order valence-corrected chi connectivity index (χ0v) is 9.16. The Hall–Kier alpha value is -1.75. The summed E-state index contributed by atoms with van der Waals surface area (Å²) in [5, 5.41) is 0. The van der Waals surface area contributed by atoms with E-state index in [2.05, 4.69) is 5.92 Å². The van der Waals surface area contributed by atoms with Crippen LogP contribution in [0.5, 0.6) is 5.75 Å². The number of ether oxygens (including phenoxy) is 1. The minimum Gasteiger partial charge on any atom is -0.492 e. The monoisotopic (exact) mass is 214 g/mol. The molecule has 1 aromatic rings. The molecule has 0 bridgehead atoms. The fourth-order valence-corrected chi connectivity index (χ4v) is 2.00. The maximum Gasteiger partial charge on any atom is 0.163 e. The highest BCUT2D eigenvalue weighted by Gasteiger charge is 2.19. The fourth-order valence-electron chi connectivity index (χ4n) is 2.00. The molecule has 0 N–H and O–H groups in total. The summed E-state index contributed by atoms with van der Waals surface area (Å²) < 4.78 is 5.60. The lowest BCUT2D eigenvalue weighted by atomic mass is 9.90. The Bertz CT molecular complexity index is 441. The smallest absolute Gasteiger partial charge is 0.163 e. The molecule has 0 spiro atoms. The summed E-state index contributed by atoms with van der Waals surface area (Å²) in [4.78, 5) is 11.7. The van der Waals surface area contributed by atoms with Crippen LogP contribution in [0.4, 0.5) is 0 Å². The van der Waals surface area contributed by atoms with Gasteiger partial charge >= 0.3 is 0 Å². The van der Waals surface area contributed by atoms with Gasteiger partial charge in [-0.3, -0.25) is 4.79 Å². The van der Waals surface area contributed by atoms with Crippen LogP contribution in [-0.2, 0) is 6.42 Å². The molecule has 1 aliphatic rings. The van der Waals surface area contributed by atoms with E-state index in [-0.39, 0.29) is 5.78 Å². The van der Waals surface area contributed by atoms with E-state index < -0.39 is 0 Å². The second-order valence-electron chi connectivity index (χ2n) is 3.86. The van der Waals surface area contributed by atoms with Crippen molar-refractivity contribution >= 4 is 5.78 Å². The number of hydrogen-bond acceptors (Lipinski definition) is 2. The Balaban J connectivity index is 2.23. The van der Waals surface area contributed by atoms with Crippen LogP contribution >= 0.6 is 0 Å². The molecule has 1 aliphatic carbocycles. The number of benzene rings is 1. The Morgan fingerprint density at radius 2 is 2.25 bits per heavy atom. The maximum atomic E-state index is 11.7. The first-order valence-corrected chi connectivity index (χ1v) is 5.54. The van der Waals surface area contributed by atoms with Crippen molar-refractivity contribution in [3.8, 4) is 18.1 Å². The summed E-state index contributed by atoms with van der Waals surface area (Å²) in [6.07, 6.45) is 8.26. The summed E-state index contributed by atoms with van der Waals surface area (Å²) in [6.45, 7) is 0.515. The summed E-state index contributed by atoms with van der Waals surface area (Å²) in [5.41, 5.74) is 1.88. The molecule has 2 rings (SSSR count). The highest BCUT2D eigenvalue weighted by Crippen LogP contribution is 2.29. The summed E-state index contributed by atoms with van der Waals surface area (Å²) in [5.74, 6) is 3.58. The van der Waals surface area contributed by atoms with Gasteiger partial charge in [-0.2, -0.15) is 0 Å². The van der Waals surface area contributed by atoms with Gasteiger partial charge in [-0.1, -0.05) is 12.1 Å². The molecule has 16 heavy (non-hydrogen) atoms. The van der Waals surface area contributed by atoms with Crippen LogP contribution in [0.15, 0.2) is 18.2 Å². The molecule has 0 amide bonds. The summed E-state index contributed by atoms with van der Waals surface area (Å²) >= 11 is 0. The molecule has 82 valence electrons. The number of terminal acetylenes is 1. The van der Waals surface area contributed by atoms with Crippen molar-refractivity contribution in [1.82, 2.24) is 0 Å². The quantitative estimate of drug-likeness (QED) is 0.571. The van der Waals surface area contributed by atoms with E-state index in [1.807, 2.05) is 18.2 Å². The average molecular weight is 214 g/mol. The van der Waals surface area contributed by atoms with Gasteiger partial charge in [-0.05, 0) is 18.9 Å². The van der Waals surface area contributed by atoms with Crippen molar-refractivity contribution in [2.24, 2.45) is 0 Å². The van der Waals surface area contributed by atoms with Crippen molar-refractivity contribution in [3.63, 3.8) is 0 Å². The summed E-state index contributed by atoms with van der Waals surface area (Å²) in [7, 11) is 0. The third-order valence-corrected chi connectivity index (χ3v) is 2.77. The van der Waals surface area contributed by atoms with Gasteiger partial charge in [0.25, 0.3) is 0 Å². The van der Waals surface area contributed by atoms with Crippen LogP contribution < -0.4 is 4.74 Å². The minimum atomic E-state index is 0.226. The zero-order valence-electron chi connectivity index (χ0n) is 9.16. The second-order valence-corrected chi connectivity index (χ2v) is 3.86. The third kappa shape index (κ3) is 2.09. The van der Waals surface area contributed by atoms with Crippen molar-refractivity contribution in [2.45, 2.75) is 25.7 Å². The van der Waals surface area contributed by atoms with Crippen LogP contribution in [0.2, 0.25) is 0 Å². The maximum absolute atomic E-state index is 11.7. The lowest BCUT2D eigenvalue weighted by molar-refractivity contribution is 0.0971. The van der Waals surface area contributed by atoms with E-state index in [1.165, 1.54) is 0 Å². The van der Waals surface area contributed by atoms with Gasteiger partial charge in [0.15, 0.2) is 5.78 Å². The van der Waals surface area contributed by atoms with Gasteiger partial charge in [0.05, 0.1) is 6.61 Å². The van der Waals surface area contributed by atoms with Gasteiger partial charge in [0, 0.05) is 24.0 Å². The zero-order chi connectivity index (χ0) is 11.4. The highest BCUT2D eigenvalue weighted by atomic mass is 16.5. The van der Waals surface area contributed by atoms with Crippen molar-refractivity contribution in [1.29, 1.82) is 0 Å². The predicted octanol–water partition coefficient (Wildman–Crippen LogP) is 2.61. The number of hydrogen-bond donors (Lipinski definition) is 0. The van der Waals surface area contributed by atoms with Gasteiger partial charge in [0.2, 0.25) is 0 Å². The number of carbonyl (C=O) groups is 1. The molecule has 0 heterocycles. The van der Waals surface area contributed by atoms with Crippen molar-refractivity contribution in [3.05, 3.63) is 29.3 Å². The Morgan fingerprint density at radius 1 is 1.38 bits per heavy atom. The van der Waals surface area contributed by atoms with E-state index in [0.717, 1.165) is 29.7 Å². The van der Waals surface area contributed by atoms with E-state index in [9.17, 15) is 4.79 Å². The van der Waals surface area contributed by atoms with Gasteiger partial charge in [-0.25, -0.2) is 0 Å². The topological polar surface area (TPSA) is 26.3 Å². The van der Waals surface area contributed by atoms with Crippen molar-refractivity contribution < 1.29 is 9.53 Å². The molecule has 0 atom stereocenters. The van der Waals surface area contributed by atoms with Gasteiger partial charge < -0.3 is 4.74 Å². The second kappa shape index (κ2) is 4.85. The minimum absolute atomic E-state index is 0.226. The normalized spacial score (nSPS) is 14.1. The molecule has 0 saturated carbocycles. The predicted molar refractivity (Wildman–Crippen MR) is 62.7 cm³/mol. The molecule has 0 unspecified atom stereocenters. The Labute approximate surface area is 95.6 Å². The SMILES string of the molecule is C#CCCOc1cccc2c1CCCC2=O. The van der Waals surface area contributed by atoms with Crippen LogP contribution in [0.1, 0.15) is 35.2 Å². The van der Waals surface area contributed by atoms with Crippen LogP contribution in [0, 0.1) is 12.3 Å². The number of Topliss-reactive ketones (excluding diaryl/α,β-unsaturated/α-hetero) is 1. The first-order chi connectivity index (χ1) is 7.83. The molecule has 0 aliphatic heterocycles. The molecule has 0 saturated heterocycles. The lowest BCUT2D eigenvalue weighted by Gasteiger charge is -2.18. The first kappa shape index (κ1) is 10.8. The number of ketones is 1. The largest absolute Gasteiger partial charge is 0.492 e. The fraction of sp³-hybridized carbons (Fsp3) is 0.357. The molecule has 0 aromatic heterocycles. The van der Waals surface area contributed by atoms with Crippen molar-refractivity contribution in [2.75, 3.05) is 6.61 Å². The van der Waals surface area contributed by atoms with E-state index in [4.69, 9.17) is 11.2 Å². The van der Waals surface area contributed by atoms with Crippen LogP contribution in [0.3, 0.4) is 0 Å². The number of carbonyl (C=O) groups excluding carboxylic acids is 1. The van der Waals surface area contributed by atoms with Crippen LogP contribution in [-0.4, -0.2) is 12.4 Å². The molecule has 2 heteroatoms. The Morgan fingerprint density at radius 3 is 3.06 bits per heavy atom. The molecule has 0 fully saturated rings.